The molecule has 1 heterocycles. The number of benzene rings is 2. The maximum atomic E-state index is 12.0. The standard InChI is InChI=1S/C17H17ClN4O2/c1-24-14-7-4-6-13(9-14)19-10-16-20-17(23)22(21-16)11-12-5-2-3-8-15(12)18/h2-9,19H,10-11H2,1H3,(H,20,21,23). The lowest BCUT2D eigenvalue weighted by Gasteiger charge is -2.06. The predicted molar refractivity (Wildman–Crippen MR) is 93.7 cm³/mol. The number of nitrogens with one attached hydrogen (secondary N) is 2. The van der Waals surface area contributed by atoms with Crippen LogP contribution in [0.15, 0.2) is 53.3 Å². The molecule has 2 aromatic carbocycles. The van der Waals surface area contributed by atoms with Crippen molar-refractivity contribution in [1.29, 1.82) is 0 Å². The molecule has 6 nitrogen and oxygen atoms in total. The number of methoxy groups -OCH3 is 1. The van der Waals surface area contributed by atoms with Gasteiger partial charge in [0.25, 0.3) is 0 Å². The maximum absolute atomic E-state index is 12.0. The van der Waals surface area contributed by atoms with Gasteiger partial charge in [-0.2, -0.15) is 5.10 Å². The smallest absolute Gasteiger partial charge is 0.343 e. The van der Waals surface area contributed by atoms with Crippen LogP contribution in [0.25, 0.3) is 0 Å². The zero-order valence-electron chi connectivity index (χ0n) is 13.1. The van der Waals surface area contributed by atoms with E-state index in [0.29, 0.717) is 23.9 Å². The lowest BCUT2D eigenvalue weighted by atomic mass is 10.2. The number of hydrogen-bond acceptors (Lipinski definition) is 4. The molecule has 0 atom stereocenters. The Hall–Kier alpha value is -2.73. The van der Waals surface area contributed by atoms with Crippen molar-refractivity contribution in [3.63, 3.8) is 0 Å². The van der Waals surface area contributed by atoms with Crippen LogP contribution < -0.4 is 15.7 Å². The lowest BCUT2D eigenvalue weighted by molar-refractivity contribution is 0.415. The highest BCUT2D eigenvalue weighted by molar-refractivity contribution is 6.31. The van der Waals surface area contributed by atoms with Crippen LogP contribution in [0, 0.1) is 0 Å². The molecule has 0 unspecified atom stereocenters. The largest absolute Gasteiger partial charge is 0.497 e. The van der Waals surface area contributed by atoms with Gasteiger partial charge in [-0.3, -0.25) is 4.98 Å². The topological polar surface area (TPSA) is 71.9 Å². The minimum atomic E-state index is -0.266. The summed E-state index contributed by atoms with van der Waals surface area (Å²) in [4.78, 5) is 14.8. The number of hydrogen-bond donors (Lipinski definition) is 2. The van der Waals surface area contributed by atoms with Crippen molar-refractivity contribution in [2.45, 2.75) is 13.1 Å². The van der Waals surface area contributed by atoms with Gasteiger partial charge in [0.05, 0.1) is 20.2 Å². The van der Waals surface area contributed by atoms with Crippen LogP contribution in [0.5, 0.6) is 5.75 Å². The summed E-state index contributed by atoms with van der Waals surface area (Å²) in [7, 11) is 1.62. The van der Waals surface area contributed by atoms with E-state index >= 15 is 0 Å². The Morgan fingerprint density at radius 3 is 2.88 bits per heavy atom. The van der Waals surface area contributed by atoms with Crippen LogP contribution in [0.3, 0.4) is 0 Å². The minimum absolute atomic E-state index is 0.266. The first-order chi connectivity index (χ1) is 11.7. The van der Waals surface area contributed by atoms with Gasteiger partial charge in [-0.15, -0.1) is 0 Å². The van der Waals surface area contributed by atoms with Gasteiger partial charge in [0, 0.05) is 16.8 Å². The van der Waals surface area contributed by atoms with E-state index in [2.05, 4.69) is 15.4 Å². The van der Waals surface area contributed by atoms with Gasteiger partial charge >= 0.3 is 5.69 Å². The Morgan fingerprint density at radius 2 is 2.08 bits per heavy atom. The van der Waals surface area contributed by atoms with Crippen molar-refractivity contribution in [3.05, 3.63) is 75.4 Å². The van der Waals surface area contributed by atoms with Crippen molar-refractivity contribution in [2.24, 2.45) is 0 Å². The van der Waals surface area contributed by atoms with Gasteiger partial charge in [-0.25, -0.2) is 9.48 Å². The second-order valence-electron chi connectivity index (χ2n) is 5.21. The molecule has 7 heteroatoms. The number of anilines is 1. The molecule has 0 aliphatic heterocycles. The average molecular weight is 345 g/mol. The molecule has 1 aromatic heterocycles. The third-order valence-corrected chi connectivity index (χ3v) is 3.90. The van der Waals surface area contributed by atoms with Crippen molar-refractivity contribution in [2.75, 3.05) is 12.4 Å². The molecule has 0 amide bonds. The highest BCUT2D eigenvalue weighted by Gasteiger charge is 2.08. The van der Waals surface area contributed by atoms with E-state index in [1.807, 2.05) is 42.5 Å². The Kier molecular flexibility index (Phi) is 4.86. The van der Waals surface area contributed by atoms with Gasteiger partial charge in [0.1, 0.15) is 11.6 Å². The molecular weight excluding hydrogens is 328 g/mol. The van der Waals surface area contributed by atoms with E-state index in [-0.39, 0.29) is 5.69 Å². The molecule has 124 valence electrons. The zero-order valence-corrected chi connectivity index (χ0v) is 13.9. The lowest BCUT2D eigenvalue weighted by Crippen LogP contribution is -2.18. The van der Waals surface area contributed by atoms with Crippen LogP contribution in [0.1, 0.15) is 11.4 Å². The van der Waals surface area contributed by atoms with Crippen LogP contribution in [-0.2, 0) is 13.1 Å². The summed E-state index contributed by atoms with van der Waals surface area (Å²) >= 11 is 6.13. The number of nitrogens with zero attached hydrogens (tertiary/aromatic N) is 2. The molecule has 3 aromatic rings. The first kappa shape index (κ1) is 16.1. The van der Waals surface area contributed by atoms with E-state index in [4.69, 9.17) is 16.3 Å². The number of aromatic amines is 1. The number of H-pyrrole nitrogens is 1. The third-order valence-electron chi connectivity index (χ3n) is 3.53. The van der Waals surface area contributed by atoms with Gasteiger partial charge in [-0.05, 0) is 23.8 Å². The fourth-order valence-corrected chi connectivity index (χ4v) is 2.49. The molecule has 0 aliphatic carbocycles. The second kappa shape index (κ2) is 7.23. The van der Waals surface area contributed by atoms with Gasteiger partial charge in [-0.1, -0.05) is 35.9 Å². The number of rotatable bonds is 6. The highest BCUT2D eigenvalue weighted by atomic mass is 35.5. The van der Waals surface area contributed by atoms with Crippen LogP contribution in [-0.4, -0.2) is 21.9 Å². The average Bonchev–Trinajstić information content (AvgIpc) is 2.95. The number of aromatic nitrogens is 3. The first-order valence-corrected chi connectivity index (χ1v) is 7.81. The van der Waals surface area contributed by atoms with E-state index < -0.39 is 0 Å². The molecule has 0 fully saturated rings. The number of halogens is 1. The van der Waals surface area contributed by atoms with Crippen LogP contribution in [0.4, 0.5) is 5.69 Å². The molecule has 0 bridgehead atoms. The van der Waals surface area contributed by atoms with Crippen molar-refractivity contribution < 1.29 is 4.74 Å². The Bertz CT molecular complexity index is 888. The summed E-state index contributed by atoms with van der Waals surface area (Å²) in [5.74, 6) is 1.31. The van der Waals surface area contributed by atoms with Crippen molar-refractivity contribution in [1.82, 2.24) is 14.8 Å². The summed E-state index contributed by atoms with van der Waals surface area (Å²) in [6.07, 6.45) is 0. The number of ether oxygens (including phenoxy) is 1. The van der Waals surface area contributed by atoms with Crippen LogP contribution >= 0.6 is 11.6 Å². The Balaban J connectivity index is 1.70. The maximum Gasteiger partial charge on any atom is 0.343 e. The molecule has 0 aliphatic rings. The molecule has 0 saturated carbocycles. The molecule has 0 spiro atoms. The molecule has 24 heavy (non-hydrogen) atoms. The van der Waals surface area contributed by atoms with Crippen molar-refractivity contribution in [3.8, 4) is 5.75 Å². The second-order valence-corrected chi connectivity index (χ2v) is 5.62. The third kappa shape index (κ3) is 3.78. The van der Waals surface area contributed by atoms with Gasteiger partial charge < -0.3 is 10.1 Å². The molecule has 0 radical (unpaired) electrons. The van der Waals surface area contributed by atoms with E-state index in [0.717, 1.165) is 17.0 Å². The van der Waals surface area contributed by atoms with Crippen LogP contribution in [0.2, 0.25) is 5.02 Å². The molecule has 0 saturated heterocycles. The normalized spacial score (nSPS) is 10.6. The monoisotopic (exact) mass is 344 g/mol. The van der Waals surface area contributed by atoms with Crippen molar-refractivity contribution >= 4 is 17.3 Å². The highest BCUT2D eigenvalue weighted by Crippen LogP contribution is 2.17. The van der Waals surface area contributed by atoms with Gasteiger partial charge in [0.2, 0.25) is 0 Å². The van der Waals surface area contributed by atoms with E-state index in [1.165, 1.54) is 4.68 Å². The SMILES string of the molecule is COc1cccc(NCc2nn(Cc3ccccc3Cl)c(=O)[nH]2)c1. The summed E-state index contributed by atoms with van der Waals surface area (Å²) < 4.78 is 6.54. The summed E-state index contributed by atoms with van der Waals surface area (Å²) in [5, 5.41) is 8.11. The van der Waals surface area contributed by atoms with Gasteiger partial charge in [0.15, 0.2) is 0 Å². The quantitative estimate of drug-likeness (QED) is 0.721. The van der Waals surface area contributed by atoms with E-state index in [9.17, 15) is 4.79 Å². The van der Waals surface area contributed by atoms with E-state index in [1.54, 1.807) is 13.2 Å². The summed E-state index contributed by atoms with van der Waals surface area (Å²) in [6, 6.07) is 14.9. The Labute approximate surface area is 144 Å². The fourth-order valence-electron chi connectivity index (χ4n) is 2.30. The Morgan fingerprint density at radius 1 is 1.25 bits per heavy atom. The minimum Gasteiger partial charge on any atom is -0.497 e. The summed E-state index contributed by atoms with van der Waals surface area (Å²) in [6.45, 7) is 0.728. The molecular formula is C17H17ClN4O2. The molecule has 3 rings (SSSR count). The zero-order chi connectivity index (χ0) is 16.9. The predicted octanol–water partition coefficient (Wildman–Crippen LogP) is 2.89. The summed E-state index contributed by atoms with van der Waals surface area (Å²) in [5.41, 5.74) is 1.47. The first-order valence-electron chi connectivity index (χ1n) is 7.43. The molecule has 2 N–H and O–H groups in total. The fraction of sp³-hybridized carbons (Fsp3) is 0.176.